The number of hydrogen-bond acceptors (Lipinski definition) is 0. The molecule has 8 heteroatoms. The van der Waals surface area contributed by atoms with Crippen LogP contribution in [0.25, 0.3) is 0 Å². The molecule has 1 aromatic carbocycles. The summed E-state index contributed by atoms with van der Waals surface area (Å²) in [5.41, 5.74) is 1.31. The fraction of sp³-hybridized carbons (Fsp3) is 0.429. The van der Waals surface area contributed by atoms with E-state index in [2.05, 4.69) is 158 Å². The predicted octanol–water partition coefficient (Wildman–Crippen LogP) is 8.50. The van der Waals surface area contributed by atoms with Gasteiger partial charge in [-0.25, -0.2) is 0 Å². The number of benzene rings is 1. The average molecular weight is 817 g/mol. The zero-order chi connectivity index (χ0) is 16.8. The van der Waals surface area contributed by atoms with E-state index in [0.717, 1.165) is 17.3 Å². The summed E-state index contributed by atoms with van der Waals surface area (Å²) in [6, 6.07) is 10.5. The van der Waals surface area contributed by atoms with Gasteiger partial charge in [0.05, 0.1) is 4.32 Å². The highest BCUT2D eigenvalue weighted by Gasteiger charge is 2.68. The number of allylic oxidation sites excluding steroid dienone is 2. The van der Waals surface area contributed by atoms with Crippen LogP contribution in [0.1, 0.15) is 12.0 Å². The molecule has 0 spiro atoms. The second kappa shape index (κ2) is 7.43. The molecule has 0 saturated heterocycles. The monoisotopic (exact) mass is 809 g/mol. The van der Waals surface area contributed by atoms with Crippen molar-refractivity contribution in [3.63, 3.8) is 0 Å². The minimum absolute atomic E-state index is 0.327. The highest BCUT2D eigenvalue weighted by atomic mass is 79.9. The summed E-state index contributed by atoms with van der Waals surface area (Å²) in [4.78, 5) is 0. The molecule has 0 nitrogen and oxygen atoms in total. The summed E-state index contributed by atoms with van der Waals surface area (Å²) in [6.45, 7) is 0. The zero-order valence-corrected chi connectivity index (χ0v) is 23.6. The Kier molecular flexibility index (Phi) is 7.13. The van der Waals surface area contributed by atoms with Crippen molar-refractivity contribution in [2.45, 2.75) is 26.9 Å². The third-order valence-electron chi connectivity index (χ3n) is 3.59. The van der Waals surface area contributed by atoms with E-state index in [9.17, 15) is 0 Å². The molecular weight excluding hydrogens is 807 g/mol. The number of aryl methyl sites for hydroxylation is 1. The maximum absolute atomic E-state index is 3.94. The molecule has 0 amide bonds. The number of hydrogen-bond donors (Lipinski definition) is 0. The summed E-state index contributed by atoms with van der Waals surface area (Å²) in [5, 5.41) is 0. The fourth-order valence-corrected chi connectivity index (χ4v) is 9.22. The Bertz CT molecular complexity index is 578. The fourth-order valence-electron chi connectivity index (χ4n) is 2.19. The summed E-state index contributed by atoms with van der Waals surface area (Å²) in [7, 11) is 0. The third-order valence-corrected chi connectivity index (χ3v) is 19.0. The van der Waals surface area contributed by atoms with E-state index in [4.69, 9.17) is 0 Å². The van der Waals surface area contributed by atoms with E-state index < -0.39 is 9.70 Å². The standard InChI is InChI=1S/C14H10Br8/c15-10-8-11(16,7-6-9-4-2-1-3-5-9)13(19,20)14(21,22)12(10,17)18/h1-5,8H,6-7H2. The first-order valence-corrected chi connectivity index (χ1v) is 12.6. The lowest BCUT2D eigenvalue weighted by Crippen LogP contribution is -2.60. The van der Waals surface area contributed by atoms with E-state index in [0.29, 0.717) is 0 Å². The Morgan fingerprint density at radius 2 is 1.32 bits per heavy atom. The summed E-state index contributed by atoms with van der Waals surface area (Å²) >= 11 is 30.4. The number of alkyl halides is 7. The van der Waals surface area contributed by atoms with Crippen molar-refractivity contribution in [1.29, 1.82) is 0 Å². The Morgan fingerprint density at radius 1 is 0.773 bits per heavy atom. The molecule has 2 rings (SSSR count). The SMILES string of the molecule is BrC1=CC(Br)(CCc2ccccc2)C(Br)(Br)C(Br)(Br)C1(Br)Br. The molecule has 0 aromatic heterocycles. The Balaban J connectivity index is 2.38. The van der Waals surface area contributed by atoms with Crippen LogP contribution in [0.4, 0.5) is 0 Å². The molecule has 0 heterocycles. The molecular formula is C14H10Br8. The van der Waals surface area contributed by atoms with Crippen molar-refractivity contribution >= 4 is 127 Å². The first-order chi connectivity index (χ1) is 9.96. The van der Waals surface area contributed by atoms with Crippen molar-refractivity contribution < 1.29 is 0 Å². The summed E-state index contributed by atoms with van der Waals surface area (Å²) in [6.07, 6.45) is 4.02. The minimum Gasteiger partial charge on any atom is -0.0782 e. The number of rotatable bonds is 3. The topological polar surface area (TPSA) is 0 Å². The van der Waals surface area contributed by atoms with Crippen molar-refractivity contribution in [3.05, 3.63) is 46.5 Å². The van der Waals surface area contributed by atoms with E-state index in [1.54, 1.807) is 0 Å². The average Bonchev–Trinajstić information content (AvgIpc) is 2.44. The predicted molar refractivity (Wildman–Crippen MR) is 125 cm³/mol. The zero-order valence-electron chi connectivity index (χ0n) is 10.9. The van der Waals surface area contributed by atoms with Crippen LogP contribution in [0.5, 0.6) is 0 Å². The lowest BCUT2D eigenvalue weighted by atomic mass is 9.89. The van der Waals surface area contributed by atoms with Gasteiger partial charge in [0, 0.05) is 4.48 Å². The molecule has 1 atom stereocenters. The number of halogens is 8. The van der Waals surface area contributed by atoms with Gasteiger partial charge < -0.3 is 0 Å². The lowest BCUT2D eigenvalue weighted by molar-refractivity contribution is 0.551. The molecule has 0 radical (unpaired) electrons. The smallest absolute Gasteiger partial charge is 0.0782 e. The maximum Gasteiger partial charge on any atom is 0.139 e. The van der Waals surface area contributed by atoms with Gasteiger partial charge in [-0.2, -0.15) is 0 Å². The lowest BCUT2D eigenvalue weighted by Gasteiger charge is -2.54. The van der Waals surface area contributed by atoms with Gasteiger partial charge in [-0.15, -0.1) is 0 Å². The molecule has 0 saturated carbocycles. The van der Waals surface area contributed by atoms with Crippen LogP contribution >= 0.6 is 127 Å². The van der Waals surface area contributed by atoms with Gasteiger partial charge in [-0.3, -0.25) is 0 Å². The molecule has 122 valence electrons. The second-order valence-corrected chi connectivity index (χ2v) is 17.7. The van der Waals surface area contributed by atoms with Crippen LogP contribution in [0.3, 0.4) is 0 Å². The van der Waals surface area contributed by atoms with Gasteiger partial charge in [-0.1, -0.05) is 164 Å². The van der Waals surface area contributed by atoms with Gasteiger partial charge in [-0.05, 0) is 18.4 Å². The van der Waals surface area contributed by atoms with Crippen molar-refractivity contribution in [2.75, 3.05) is 0 Å². The van der Waals surface area contributed by atoms with Gasteiger partial charge in [0.2, 0.25) is 0 Å². The largest absolute Gasteiger partial charge is 0.139 e. The second-order valence-electron chi connectivity index (χ2n) is 5.06. The van der Waals surface area contributed by atoms with Crippen molar-refractivity contribution in [1.82, 2.24) is 0 Å². The molecule has 1 aliphatic carbocycles. The normalized spacial score (nSPS) is 29.0. The van der Waals surface area contributed by atoms with E-state index >= 15 is 0 Å². The van der Waals surface area contributed by atoms with E-state index in [1.807, 2.05) is 6.07 Å². The van der Waals surface area contributed by atoms with Crippen LogP contribution in [0.15, 0.2) is 40.9 Å². The van der Waals surface area contributed by atoms with Gasteiger partial charge in [0.1, 0.15) is 9.70 Å². The van der Waals surface area contributed by atoms with Gasteiger partial charge in [0.15, 0.2) is 0 Å². The molecule has 0 aliphatic heterocycles. The molecule has 1 aromatic rings. The van der Waals surface area contributed by atoms with Crippen LogP contribution in [-0.4, -0.2) is 14.0 Å². The molecule has 0 N–H and O–H groups in total. The molecule has 22 heavy (non-hydrogen) atoms. The Morgan fingerprint density at radius 3 is 1.86 bits per heavy atom. The van der Waals surface area contributed by atoms with Gasteiger partial charge >= 0.3 is 0 Å². The quantitative estimate of drug-likeness (QED) is 0.269. The maximum atomic E-state index is 3.94. The van der Waals surface area contributed by atoms with E-state index in [-0.39, 0.29) is 4.32 Å². The van der Waals surface area contributed by atoms with Gasteiger partial charge in [0.25, 0.3) is 0 Å². The van der Waals surface area contributed by atoms with Crippen LogP contribution < -0.4 is 0 Å². The first-order valence-electron chi connectivity index (χ1n) is 6.21. The third kappa shape index (κ3) is 3.61. The minimum atomic E-state index is -0.548. The van der Waals surface area contributed by atoms with Crippen LogP contribution in [-0.2, 0) is 6.42 Å². The van der Waals surface area contributed by atoms with E-state index in [1.165, 1.54) is 5.56 Å². The van der Waals surface area contributed by atoms with Crippen LogP contribution in [0.2, 0.25) is 0 Å². The highest BCUT2D eigenvalue weighted by molar-refractivity contribution is 9.33. The first kappa shape index (κ1) is 21.1. The molecule has 0 bridgehead atoms. The Hall–Kier alpha value is 2.80. The molecule has 0 fully saturated rings. The molecule has 1 aliphatic rings. The van der Waals surface area contributed by atoms with Crippen molar-refractivity contribution in [2.24, 2.45) is 0 Å². The summed E-state index contributed by atoms with van der Waals surface area (Å²) < 4.78 is -0.892. The molecule has 1 unspecified atom stereocenters. The van der Waals surface area contributed by atoms with Crippen LogP contribution in [0, 0.1) is 0 Å². The summed E-state index contributed by atoms with van der Waals surface area (Å²) in [5.74, 6) is 0. The highest BCUT2D eigenvalue weighted by Crippen LogP contribution is 2.71. The van der Waals surface area contributed by atoms with Crippen molar-refractivity contribution in [3.8, 4) is 0 Å². The Labute approximate surface area is 198 Å².